The Bertz CT molecular complexity index is 533. The number of nitrogens with zero attached hydrogens (tertiary/aromatic N) is 2. The summed E-state index contributed by atoms with van der Waals surface area (Å²) in [6.45, 7) is 2.51. The molecular weight excluding hydrogens is 282 g/mol. The molecule has 0 spiro atoms. The summed E-state index contributed by atoms with van der Waals surface area (Å²) in [5.74, 6) is 0.852. The lowest BCUT2D eigenvalue weighted by molar-refractivity contribution is 0.546. The number of sulfone groups is 1. The zero-order chi connectivity index (χ0) is 14.0. The van der Waals surface area contributed by atoms with Crippen molar-refractivity contribution in [1.29, 1.82) is 0 Å². The molecule has 0 aliphatic heterocycles. The molecule has 1 aromatic rings. The number of nitrogen functional groups attached to an aromatic ring is 1. The standard InChI is InChI=1S/C12H21N3O2S2/c1-3-19(16,17)10-11(13)14-18-12(10)15(2)8-9-6-4-5-7-9/h9H,3-8H2,1-2H3,(H2,13,14). The van der Waals surface area contributed by atoms with Crippen LogP contribution in [0.5, 0.6) is 0 Å². The molecule has 2 rings (SSSR count). The Morgan fingerprint density at radius 1 is 1.42 bits per heavy atom. The Kier molecular flexibility index (Phi) is 4.35. The van der Waals surface area contributed by atoms with Crippen molar-refractivity contribution in [2.75, 3.05) is 30.0 Å². The first-order chi connectivity index (χ1) is 8.95. The summed E-state index contributed by atoms with van der Waals surface area (Å²) in [4.78, 5) is 2.23. The Morgan fingerprint density at radius 2 is 2.05 bits per heavy atom. The van der Waals surface area contributed by atoms with Gasteiger partial charge in [-0.1, -0.05) is 19.8 Å². The van der Waals surface area contributed by atoms with Crippen molar-refractivity contribution in [2.24, 2.45) is 5.92 Å². The zero-order valence-corrected chi connectivity index (χ0v) is 13.1. The summed E-state index contributed by atoms with van der Waals surface area (Å²) in [5, 5.41) is 0.686. The van der Waals surface area contributed by atoms with E-state index in [-0.39, 0.29) is 16.5 Å². The number of nitrogens with two attached hydrogens (primary N) is 1. The van der Waals surface area contributed by atoms with E-state index < -0.39 is 9.84 Å². The maximum absolute atomic E-state index is 12.1. The SMILES string of the molecule is CCS(=O)(=O)c1c(N)nsc1N(C)CC1CCCC1. The molecular formula is C12H21N3O2S2. The van der Waals surface area contributed by atoms with E-state index in [0.717, 1.165) is 6.54 Å². The third-order valence-corrected chi connectivity index (χ3v) is 6.59. The average Bonchev–Trinajstić information content (AvgIpc) is 2.98. The van der Waals surface area contributed by atoms with Crippen LogP contribution in [0.15, 0.2) is 4.90 Å². The molecule has 0 atom stereocenters. The van der Waals surface area contributed by atoms with Crippen LogP contribution in [0.2, 0.25) is 0 Å². The number of rotatable bonds is 5. The van der Waals surface area contributed by atoms with E-state index in [1.165, 1.54) is 37.2 Å². The van der Waals surface area contributed by atoms with Crippen LogP contribution in [0.1, 0.15) is 32.6 Å². The molecule has 0 radical (unpaired) electrons. The molecule has 0 aromatic carbocycles. The summed E-state index contributed by atoms with van der Waals surface area (Å²) in [6.07, 6.45) is 5.02. The zero-order valence-electron chi connectivity index (χ0n) is 11.4. The van der Waals surface area contributed by atoms with Gasteiger partial charge in [0, 0.05) is 13.6 Å². The van der Waals surface area contributed by atoms with Gasteiger partial charge in [-0.15, -0.1) is 0 Å². The molecule has 19 heavy (non-hydrogen) atoms. The number of hydrogen-bond acceptors (Lipinski definition) is 6. The van der Waals surface area contributed by atoms with E-state index in [1.807, 2.05) is 11.9 Å². The number of hydrogen-bond donors (Lipinski definition) is 1. The van der Waals surface area contributed by atoms with Gasteiger partial charge in [0.15, 0.2) is 15.7 Å². The van der Waals surface area contributed by atoms with Crippen molar-refractivity contribution >= 4 is 32.2 Å². The van der Waals surface area contributed by atoms with Gasteiger partial charge < -0.3 is 10.6 Å². The van der Waals surface area contributed by atoms with Crippen LogP contribution in [0.4, 0.5) is 10.8 Å². The van der Waals surface area contributed by atoms with Crippen molar-refractivity contribution in [3.05, 3.63) is 0 Å². The predicted molar refractivity (Wildman–Crippen MR) is 79.5 cm³/mol. The molecule has 0 amide bonds. The van der Waals surface area contributed by atoms with Gasteiger partial charge in [-0.25, -0.2) is 8.42 Å². The summed E-state index contributed by atoms with van der Waals surface area (Å²) in [6, 6.07) is 0. The first-order valence-electron chi connectivity index (χ1n) is 6.64. The molecule has 1 aliphatic rings. The van der Waals surface area contributed by atoms with E-state index >= 15 is 0 Å². The molecule has 5 nitrogen and oxygen atoms in total. The van der Waals surface area contributed by atoms with Crippen molar-refractivity contribution in [3.8, 4) is 0 Å². The second-order valence-corrected chi connectivity index (χ2v) is 8.10. The van der Waals surface area contributed by atoms with Gasteiger partial charge in [0.2, 0.25) is 0 Å². The summed E-state index contributed by atoms with van der Waals surface area (Å²) < 4.78 is 28.2. The molecule has 1 aliphatic carbocycles. The quantitative estimate of drug-likeness (QED) is 0.902. The Hall–Kier alpha value is -0.820. The Morgan fingerprint density at radius 3 is 2.63 bits per heavy atom. The van der Waals surface area contributed by atoms with E-state index in [0.29, 0.717) is 10.9 Å². The fourth-order valence-corrected chi connectivity index (χ4v) is 4.93. The van der Waals surface area contributed by atoms with Crippen LogP contribution in [-0.4, -0.2) is 32.1 Å². The van der Waals surface area contributed by atoms with Crippen molar-refractivity contribution in [3.63, 3.8) is 0 Å². The van der Waals surface area contributed by atoms with Crippen LogP contribution in [0, 0.1) is 5.92 Å². The molecule has 108 valence electrons. The minimum Gasteiger partial charge on any atom is -0.382 e. The molecule has 0 saturated heterocycles. The minimum atomic E-state index is -3.31. The average molecular weight is 303 g/mol. The van der Waals surface area contributed by atoms with E-state index in [2.05, 4.69) is 4.37 Å². The monoisotopic (exact) mass is 303 g/mol. The lowest BCUT2D eigenvalue weighted by Crippen LogP contribution is -2.25. The lowest BCUT2D eigenvalue weighted by atomic mass is 10.1. The highest BCUT2D eigenvalue weighted by Crippen LogP contribution is 2.36. The van der Waals surface area contributed by atoms with Gasteiger partial charge >= 0.3 is 0 Å². The van der Waals surface area contributed by atoms with Gasteiger partial charge in [-0.3, -0.25) is 0 Å². The Balaban J connectivity index is 2.24. The molecule has 1 saturated carbocycles. The van der Waals surface area contributed by atoms with Gasteiger partial charge in [-0.2, -0.15) is 4.37 Å². The van der Waals surface area contributed by atoms with E-state index in [4.69, 9.17) is 5.73 Å². The van der Waals surface area contributed by atoms with Gasteiger partial charge in [0.1, 0.15) is 9.90 Å². The first kappa shape index (κ1) is 14.6. The lowest BCUT2D eigenvalue weighted by Gasteiger charge is -2.22. The second kappa shape index (κ2) is 5.66. The molecule has 1 aromatic heterocycles. The van der Waals surface area contributed by atoms with Gasteiger partial charge in [0.25, 0.3) is 0 Å². The van der Waals surface area contributed by atoms with Crippen molar-refractivity contribution < 1.29 is 8.42 Å². The highest BCUT2D eigenvalue weighted by molar-refractivity contribution is 7.91. The largest absolute Gasteiger partial charge is 0.382 e. The maximum atomic E-state index is 12.1. The van der Waals surface area contributed by atoms with Crippen LogP contribution >= 0.6 is 11.5 Å². The topological polar surface area (TPSA) is 76.3 Å². The van der Waals surface area contributed by atoms with E-state index in [1.54, 1.807) is 6.92 Å². The molecule has 0 bridgehead atoms. The van der Waals surface area contributed by atoms with Crippen molar-refractivity contribution in [2.45, 2.75) is 37.5 Å². The van der Waals surface area contributed by atoms with Crippen LogP contribution in [0.3, 0.4) is 0 Å². The molecule has 1 fully saturated rings. The summed E-state index contributed by atoms with van der Waals surface area (Å²) in [7, 11) is -1.38. The summed E-state index contributed by atoms with van der Waals surface area (Å²) >= 11 is 1.18. The predicted octanol–water partition coefficient (Wildman–Crippen LogP) is 2.15. The fraction of sp³-hybridized carbons (Fsp3) is 0.750. The van der Waals surface area contributed by atoms with Crippen LogP contribution in [0.25, 0.3) is 0 Å². The third kappa shape index (κ3) is 3.02. The van der Waals surface area contributed by atoms with Gasteiger partial charge in [-0.05, 0) is 30.3 Å². The second-order valence-electron chi connectivity index (χ2n) is 5.14. The maximum Gasteiger partial charge on any atom is 0.184 e. The minimum absolute atomic E-state index is 0.0554. The molecule has 1 heterocycles. The number of aromatic nitrogens is 1. The number of anilines is 2. The van der Waals surface area contributed by atoms with Crippen LogP contribution in [-0.2, 0) is 9.84 Å². The molecule has 0 unspecified atom stereocenters. The fourth-order valence-electron chi connectivity index (χ4n) is 2.63. The van der Waals surface area contributed by atoms with Gasteiger partial charge in [0.05, 0.1) is 5.75 Å². The molecule has 7 heteroatoms. The highest BCUT2D eigenvalue weighted by Gasteiger charge is 2.27. The Labute approximate surface area is 118 Å². The van der Waals surface area contributed by atoms with E-state index in [9.17, 15) is 8.42 Å². The normalized spacial score (nSPS) is 16.9. The molecule has 2 N–H and O–H groups in total. The highest BCUT2D eigenvalue weighted by atomic mass is 32.2. The first-order valence-corrected chi connectivity index (χ1v) is 9.07. The summed E-state index contributed by atoms with van der Waals surface area (Å²) in [5.41, 5.74) is 5.74. The third-order valence-electron chi connectivity index (χ3n) is 3.70. The smallest absolute Gasteiger partial charge is 0.184 e. The van der Waals surface area contributed by atoms with Crippen molar-refractivity contribution in [1.82, 2.24) is 4.37 Å². The van der Waals surface area contributed by atoms with Crippen LogP contribution < -0.4 is 10.6 Å².